The van der Waals surface area contributed by atoms with E-state index in [0.29, 0.717) is 12.5 Å². The minimum absolute atomic E-state index is 0.486. The molecule has 3 heteroatoms. The maximum Gasteiger partial charge on any atom is 0.0794 e. The lowest BCUT2D eigenvalue weighted by molar-refractivity contribution is 0.528. The van der Waals surface area contributed by atoms with Gasteiger partial charge in [0.1, 0.15) is 0 Å². The zero-order chi connectivity index (χ0) is 12.1. The molecule has 2 nitrogen and oxygen atoms in total. The summed E-state index contributed by atoms with van der Waals surface area (Å²) in [6.45, 7) is 2.82. The van der Waals surface area contributed by atoms with Crippen LogP contribution in [0.15, 0.2) is 35.2 Å². The second-order valence-electron chi connectivity index (χ2n) is 4.48. The molecule has 2 N–H and O–H groups in total. The van der Waals surface area contributed by atoms with Gasteiger partial charge in [-0.3, -0.25) is 0 Å². The van der Waals surface area contributed by atoms with Crippen LogP contribution < -0.4 is 5.73 Å². The smallest absolute Gasteiger partial charge is 0.0794 e. The van der Waals surface area contributed by atoms with Crippen molar-refractivity contribution in [2.75, 3.05) is 6.54 Å². The van der Waals surface area contributed by atoms with Crippen LogP contribution in [0, 0.1) is 12.8 Å². The molecule has 0 amide bonds. The molecule has 2 rings (SSSR count). The summed E-state index contributed by atoms with van der Waals surface area (Å²) in [7, 11) is 0. The van der Waals surface area contributed by atoms with E-state index in [4.69, 9.17) is 5.73 Å². The molecule has 0 saturated heterocycles. The van der Waals surface area contributed by atoms with E-state index in [0.717, 1.165) is 18.5 Å². The lowest BCUT2D eigenvalue weighted by atomic mass is 9.95. The summed E-state index contributed by atoms with van der Waals surface area (Å²) in [5.41, 5.74) is 11.6. The van der Waals surface area contributed by atoms with Crippen molar-refractivity contribution in [1.82, 2.24) is 4.98 Å². The molecule has 0 aliphatic heterocycles. The molecule has 0 aliphatic rings. The minimum Gasteiger partial charge on any atom is -0.330 e. The number of hydrogen-bond donors (Lipinski definition) is 1. The van der Waals surface area contributed by atoms with E-state index >= 15 is 0 Å². The highest BCUT2D eigenvalue weighted by Gasteiger charge is 2.10. The monoisotopic (exact) mass is 246 g/mol. The predicted molar refractivity (Wildman–Crippen MR) is 73.2 cm³/mol. The van der Waals surface area contributed by atoms with Gasteiger partial charge in [0.15, 0.2) is 0 Å². The van der Waals surface area contributed by atoms with Gasteiger partial charge in [-0.1, -0.05) is 29.8 Å². The first-order chi connectivity index (χ1) is 8.28. The maximum absolute atomic E-state index is 5.84. The van der Waals surface area contributed by atoms with Gasteiger partial charge in [0, 0.05) is 5.38 Å². The van der Waals surface area contributed by atoms with Crippen molar-refractivity contribution in [2.45, 2.75) is 19.8 Å². The summed E-state index contributed by atoms with van der Waals surface area (Å²) in [5.74, 6) is 0.486. The van der Waals surface area contributed by atoms with Gasteiger partial charge in [-0.25, -0.2) is 4.98 Å². The molecule has 1 aromatic carbocycles. The third-order valence-corrected chi connectivity index (χ3v) is 3.59. The van der Waals surface area contributed by atoms with Gasteiger partial charge in [-0.05, 0) is 37.8 Å². The van der Waals surface area contributed by atoms with E-state index in [1.807, 2.05) is 5.51 Å². The Kier molecular flexibility index (Phi) is 4.29. The Balaban J connectivity index is 1.97. The van der Waals surface area contributed by atoms with Crippen LogP contribution in [-0.4, -0.2) is 11.5 Å². The molecule has 17 heavy (non-hydrogen) atoms. The van der Waals surface area contributed by atoms with E-state index in [-0.39, 0.29) is 0 Å². The number of aromatic nitrogens is 1. The summed E-state index contributed by atoms with van der Waals surface area (Å²) >= 11 is 1.65. The second kappa shape index (κ2) is 5.94. The molecule has 0 radical (unpaired) electrons. The molecule has 2 aromatic rings. The van der Waals surface area contributed by atoms with Gasteiger partial charge >= 0.3 is 0 Å². The molecule has 0 fully saturated rings. The van der Waals surface area contributed by atoms with Crippen molar-refractivity contribution in [3.63, 3.8) is 0 Å². The SMILES string of the molecule is Cc1ccc(CC(CN)Cc2cscn2)cc1. The van der Waals surface area contributed by atoms with Crippen molar-refractivity contribution >= 4 is 11.3 Å². The van der Waals surface area contributed by atoms with Crippen LogP contribution in [0.25, 0.3) is 0 Å². The van der Waals surface area contributed by atoms with Crippen LogP contribution in [0.3, 0.4) is 0 Å². The quantitative estimate of drug-likeness (QED) is 0.881. The van der Waals surface area contributed by atoms with Gasteiger partial charge < -0.3 is 5.73 Å². The van der Waals surface area contributed by atoms with Crippen molar-refractivity contribution in [1.29, 1.82) is 0 Å². The molecule has 1 atom stereocenters. The summed E-state index contributed by atoms with van der Waals surface area (Å²) in [4.78, 5) is 4.32. The summed E-state index contributed by atoms with van der Waals surface area (Å²) in [6.07, 6.45) is 2.02. The number of thiazole rings is 1. The second-order valence-corrected chi connectivity index (χ2v) is 5.19. The largest absolute Gasteiger partial charge is 0.330 e. The Bertz CT molecular complexity index is 434. The standard InChI is InChI=1S/C14H18N2S/c1-11-2-4-12(5-3-11)6-13(8-15)7-14-9-17-10-16-14/h2-5,9-10,13H,6-8,15H2,1H3. The first-order valence-corrected chi connectivity index (χ1v) is 6.85. The Hall–Kier alpha value is -1.19. The molecule has 0 spiro atoms. The van der Waals surface area contributed by atoms with E-state index in [1.54, 1.807) is 11.3 Å². The normalized spacial score (nSPS) is 12.6. The molecular weight excluding hydrogens is 228 g/mol. The Morgan fingerprint density at radius 1 is 1.24 bits per heavy atom. The van der Waals surface area contributed by atoms with Crippen LogP contribution in [0.4, 0.5) is 0 Å². The number of benzene rings is 1. The van der Waals surface area contributed by atoms with Gasteiger partial charge in [-0.2, -0.15) is 0 Å². The van der Waals surface area contributed by atoms with Crippen molar-refractivity contribution in [2.24, 2.45) is 11.7 Å². The first-order valence-electron chi connectivity index (χ1n) is 5.90. The highest BCUT2D eigenvalue weighted by Crippen LogP contribution is 2.14. The minimum atomic E-state index is 0.486. The van der Waals surface area contributed by atoms with E-state index in [9.17, 15) is 0 Å². The summed E-state index contributed by atoms with van der Waals surface area (Å²) in [5, 5.41) is 2.11. The number of nitrogens with zero attached hydrogens (tertiary/aromatic N) is 1. The predicted octanol–water partition coefficient (Wildman–Crippen LogP) is 2.81. The molecule has 1 heterocycles. The zero-order valence-corrected chi connectivity index (χ0v) is 10.9. The highest BCUT2D eigenvalue weighted by molar-refractivity contribution is 7.07. The lowest BCUT2D eigenvalue weighted by Crippen LogP contribution is -2.19. The Morgan fingerprint density at radius 3 is 2.59 bits per heavy atom. The van der Waals surface area contributed by atoms with Crippen LogP contribution in [0.2, 0.25) is 0 Å². The van der Waals surface area contributed by atoms with Crippen molar-refractivity contribution in [3.05, 3.63) is 52.0 Å². The first kappa shape index (κ1) is 12.3. The van der Waals surface area contributed by atoms with E-state index in [2.05, 4.69) is 41.6 Å². The van der Waals surface area contributed by atoms with Crippen LogP contribution in [0.1, 0.15) is 16.8 Å². The topological polar surface area (TPSA) is 38.9 Å². The van der Waals surface area contributed by atoms with Gasteiger partial charge in [0.2, 0.25) is 0 Å². The molecule has 0 aliphatic carbocycles. The zero-order valence-electron chi connectivity index (χ0n) is 10.1. The molecule has 1 aromatic heterocycles. The third-order valence-electron chi connectivity index (χ3n) is 2.96. The average Bonchev–Trinajstić information content (AvgIpc) is 2.84. The number of nitrogens with two attached hydrogens (primary N) is 1. The maximum atomic E-state index is 5.84. The molecule has 90 valence electrons. The van der Waals surface area contributed by atoms with Crippen LogP contribution in [-0.2, 0) is 12.8 Å². The fraction of sp³-hybridized carbons (Fsp3) is 0.357. The van der Waals surface area contributed by atoms with Gasteiger partial charge in [0.05, 0.1) is 11.2 Å². The highest BCUT2D eigenvalue weighted by atomic mass is 32.1. The number of hydrogen-bond acceptors (Lipinski definition) is 3. The van der Waals surface area contributed by atoms with Crippen molar-refractivity contribution < 1.29 is 0 Å². The molecule has 1 unspecified atom stereocenters. The van der Waals surface area contributed by atoms with E-state index < -0.39 is 0 Å². The van der Waals surface area contributed by atoms with Crippen LogP contribution in [0.5, 0.6) is 0 Å². The number of aryl methyl sites for hydroxylation is 1. The average molecular weight is 246 g/mol. The third kappa shape index (κ3) is 3.65. The molecule has 0 bridgehead atoms. The Labute approximate surface area is 107 Å². The summed E-state index contributed by atoms with van der Waals surface area (Å²) in [6, 6.07) is 8.70. The molecular formula is C14H18N2S. The molecule has 0 saturated carbocycles. The fourth-order valence-electron chi connectivity index (χ4n) is 1.93. The van der Waals surface area contributed by atoms with Gasteiger partial charge in [-0.15, -0.1) is 11.3 Å². The number of rotatable bonds is 5. The summed E-state index contributed by atoms with van der Waals surface area (Å²) < 4.78 is 0. The lowest BCUT2D eigenvalue weighted by Gasteiger charge is -2.13. The van der Waals surface area contributed by atoms with Crippen LogP contribution >= 0.6 is 11.3 Å². The fourth-order valence-corrected chi connectivity index (χ4v) is 2.50. The Morgan fingerprint density at radius 2 is 2.00 bits per heavy atom. The van der Waals surface area contributed by atoms with Crippen molar-refractivity contribution in [3.8, 4) is 0 Å². The van der Waals surface area contributed by atoms with E-state index in [1.165, 1.54) is 11.1 Å². The van der Waals surface area contributed by atoms with Gasteiger partial charge in [0.25, 0.3) is 0 Å².